The van der Waals surface area contributed by atoms with Gasteiger partial charge in [0.1, 0.15) is 0 Å². The fourth-order valence-corrected chi connectivity index (χ4v) is 2.83. The van der Waals surface area contributed by atoms with Crippen LogP contribution in [-0.4, -0.2) is 12.5 Å². The highest BCUT2D eigenvalue weighted by Gasteiger charge is 2.25. The van der Waals surface area contributed by atoms with Gasteiger partial charge in [0.05, 0.1) is 5.69 Å². The third-order valence-electron chi connectivity index (χ3n) is 4.11. The first-order valence-corrected chi connectivity index (χ1v) is 7.12. The number of rotatable bonds is 4. The largest absolute Gasteiger partial charge is 0.351 e. The average molecular weight is 281 g/mol. The number of hydrazine groups is 1. The molecule has 0 saturated carbocycles. The van der Waals surface area contributed by atoms with Crippen LogP contribution in [0.2, 0.25) is 0 Å². The number of hydrogen-bond acceptors (Lipinski definition) is 3. The van der Waals surface area contributed by atoms with E-state index < -0.39 is 0 Å². The second kappa shape index (κ2) is 5.58. The van der Waals surface area contributed by atoms with Crippen molar-refractivity contribution in [3.8, 4) is 0 Å². The highest BCUT2D eigenvalue weighted by molar-refractivity contribution is 5.94. The summed E-state index contributed by atoms with van der Waals surface area (Å²) in [6.07, 6.45) is 1.05. The van der Waals surface area contributed by atoms with E-state index in [-0.39, 0.29) is 5.91 Å². The highest BCUT2D eigenvalue weighted by Crippen LogP contribution is 2.34. The third-order valence-corrected chi connectivity index (χ3v) is 4.11. The predicted molar refractivity (Wildman–Crippen MR) is 84.2 cm³/mol. The van der Waals surface area contributed by atoms with Crippen molar-refractivity contribution in [2.75, 3.05) is 12.0 Å². The maximum Gasteiger partial charge on any atom is 0.251 e. The van der Waals surface area contributed by atoms with Crippen LogP contribution in [0.4, 0.5) is 5.69 Å². The number of nitrogens with two attached hydrogens (primary N) is 1. The van der Waals surface area contributed by atoms with Gasteiger partial charge in [0, 0.05) is 18.0 Å². The number of benzene rings is 2. The minimum atomic E-state index is -0.0361. The lowest BCUT2D eigenvalue weighted by Gasteiger charge is -2.30. The second-order valence-electron chi connectivity index (χ2n) is 5.48. The summed E-state index contributed by atoms with van der Waals surface area (Å²) in [4.78, 5) is 12.2. The minimum absolute atomic E-state index is 0.0361. The summed E-state index contributed by atoms with van der Waals surface area (Å²) in [6.45, 7) is 2.61. The van der Waals surface area contributed by atoms with Crippen LogP contribution in [-0.2, 0) is 6.42 Å². The van der Waals surface area contributed by atoms with Crippen molar-refractivity contribution in [3.63, 3.8) is 0 Å². The molecule has 1 aliphatic rings. The summed E-state index contributed by atoms with van der Waals surface area (Å²) < 4.78 is 0. The molecule has 1 atom stereocenters. The van der Waals surface area contributed by atoms with Crippen LogP contribution in [0.3, 0.4) is 0 Å². The van der Waals surface area contributed by atoms with Gasteiger partial charge in [-0.3, -0.25) is 10.6 Å². The number of carbonyl (C=O) groups excluding carboxylic acids is 1. The Balaban J connectivity index is 1.62. The van der Waals surface area contributed by atoms with Gasteiger partial charge in [0.25, 0.3) is 5.91 Å². The molecule has 1 amide bonds. The molecular weight excluding hydrogens is 262 g/mol. The van der Waals surface area contributed by atoms with Gasteiger partial charge < -0.3 is 10.7 Å². The topological polar surface area (TPSA) is 67.2 Å². The van der Waals surface area contributed by atoms with Gasteiger partial charge in [-0.05, 0) is 48.2 Å². The van der Waals surface area contributed by atoms with E-state index in [9.17, 15) is 4.79 Å². The zero-order valence-electron chi connectivity index (χ0n) is 12.0. The van der Waals surface area contributed by atoms with E-state index in [0.717, 1.165) is 17.7 Å². The minimum Gasteiger partial charge on any atom is -0.351 e. The number of fused-ring (bicyclic) bond motifs is 1. The van der Waals surface area contributed by atoms with Crippen LogP contribution in [0.15, 0.2) is 42.5 Å². The van der Waals surface area contributed by atoms with Crippen LogP contribution < -0.4 is 16.6 Å². The molecule has 0 fully saturated rings. The average Bonchev–Trinajstić information content (AvgIpc) is 2.48. The van der Waals surface area contributed by atoms with Crippen molar-refractivity contribution < 1.29 is 4.79 Å². The second-order valence-corrected chi connectivity index (χ2v) is 5.48. The van der Waals surface area contributed by atoms with E-state index >= 15 is 0 Å². The van der Waals surface area contributed by atoms with Gasteiger partial charge in [-0.25, -0.2) is 0 Å². The number of hydrogen-bond donors (Lipinski definition) is 3. The van der Waals surface area contributed by atoms with Crippen molar-refractivity contribution >= 4 is 11.6 Å². The number of carbonyl (C=O) groups is 1. The molecule has 0 heterocycles. The normalized spacial score (nSPS) is 15.8. The van der Waals surface area contributed by atoms with E-state index in [1.54, 1.807) is 6.07 Å². The first-order chi connectivity index (χ1) is 10.2. The molecule has 1 aliphatic carbocycles. The van der Waals surface area contributed by atoms with Crippen molar-refractivity contribution in [1.82, 2.24) is 5.32 Å². The summed E-state index contributed by atoms with van der Waals surface area (Å²) in [5.74, 6) is 5.80. The first-order valence-electron chi connectivity index (χ1n) is 7.12. The van der Waals surface area contributed by atoms with Gasteiger partial charge in [-0.15, -0.1) is 0 Å². The maximum atomic E-state index is 12.2. The molecular formula is C17H19N3O. The van der Waals surface area contributed by atoms with Crippen LogP contribution in [0.1, 0.15) is 33.0 Å². The Hall–Kier alpha value is -2.33. The molecule has 0 aliphatic heterocycles. The fraction of sp³-hybridized carbons (Fsp3) is 0.235. The molecule has 0 saturated heterocycles. The van der Waals surface area contributed by atoms with Crippen molar-refractivity contribution in [3.05, 3.63) is 64.7 Å². The van der Waals surface area contributed by atoms with Crippen molar-refractivity contribution in [1.29, 1.82) is 0 Å². The third kappa shape index (κ3) is 2.62. The van der Waals surface area contributed by atoms with Crippen LogP contribution >= 0.6 is 0 Å². The number of amides is 1. The molecule has 1 unspecified atom stereocenters. The fourth-order valence-electron chi connectivity index (χ4n) is 2.83. The summed E-state index contributed by atoms with van der Waals surface area (Å²) in [7, 11) is 0. The molecule has 4 heteroatoms. The number of nitrogen functional groups attached to an aromatic ring is 1. The smallest absolute Gasteiger partial charge is 0.251 e. The highest BCUT2D eigenvalue weighted by atomic mass is 16.1. The molecule has 2 aromatic carbocycles. The number of aryl methyl sites for hydroxylation is 1. The first kappa shape index (κ1) is 13.6. The molecule has 21 heavy (non-hydrogen) atoms. The van der Waals surface area contributed by atoms with Gasteiger partial charge >= 0.3 is 0 Å². The van der Waals surface area contributed by atoms with Crippen LogP contribution in [0.5, 0.6) is 0 Å². The zero-order chi connectivity index (χ0) is 14.8. The lowest BCUT2D eigenvalue weighted by atomic mass is 9.77. The van der Waals surface area contributed by atoms with E-state index in [2.05, 4.69) is 35.0 Å². The van der Waals surface area contributed by atoms with E-state index in [1.165, 1.54) is 11.1 Å². The lowest BCUT2D eigenvalue weighted by Crippen LogP contribution is -2.33. The Kier molecular flexibility index (Phi) is 3.62. The number of anilines is 1. The zero-order valence-corrected chi connectivity index (χ0v) is 12.0. The number of nitrogens with one attached hydrogen (secondary N) is 2. The predicted octanol–water partition coefficient (Wildman–Crippen LogP) is 2.35. The molecule has 3 rings (SSSR count). The molecule has 108 valence electrons. The summed E-state index contributed by atoms with van der Waals surface area (Å²) >= 11 is 0. The molecule has 4 N–H and O–H groups in total. The Bertz CT molecular complexity index is 681. The van der Waals surface area contributed by atoms with Crippen LogP contribution in [0.25, 0.3) is 0 Å². The standard InChI is InChI=1S/C17H19N3O/c1-11-8-13(6-7-16(11)20-18)17(21)19-10-14-9-12-4-2-3-5-15(12)14/h2-8,14,20H,9-10,18H2,1H3,(H,19,21). The van der Waals surface area contributed by atoms with Crippen molar-refractivity contribution in [2.24, 2.45) is 5.84 Å². The Morgan fingerprint density at radius 3 is 2.81 bits per heavy atom. The van der Waals surface area contributed by atoms with Crippen LogP contribution in [0, 0.1) is 6.92 Å². The summed E-state index contributed by atoms with van der Waals surface area (Å²) in [5, 5.41) is 3.02. The molecule has 4 nitrogen and oxygen atoms in total. The quantitative estimate of drug-likeness (QED) is 0.595. The Morgan fingerprint density at radius 2 is 2.10 bits per heavy atom. The summed E-state index contributed by atoms with van der Waals surface area (Å²) in [5.41, 5.74) is 7.82. The molecule has 0 spiro atoms. The van der Waals surface area contributed by atoms with E-state index in [1.807, 2.05) is 19.1 Å². The Morgan fingerprint density at radius 1 is 1.29 bits per heavy atom. The lowest BCUT2D eigenvalue weighted by molar-refractivity contribution is 0.0950. The molecule has 0 radical (unpaired) electrons. The van der Waals surface area contributed by atoms with Gasteiger partial charge in [-0.2, -0.15) is 0 Å². The molecule has 0 bridgehead atoms. The SMILES string of the molecule is Cc1cc(C(=O)NCC2Cc3ccccc32)ccc1NN. The molecule has 0 aromatic heterocycles. The van der Waals surface area contributed by atoms with Gasteiger partial charge in [0.2, 0.25) is 0 Å². The monoisotopic (exact) mass is 281 g/mol. The van der Waals surface area contributed by atoms with Gasteiger partial charge in [-0.1, -0.05) is 24.3 Å². The maximum absolute atomic E-state index is 12.2. The van der Waals surface area contributed by atoms with E-state index in [4.69, 9.17) is 5.84 Å². The van der Waals surface area contributed by atoms with Gasteiger partial charge in [0.15, 0.2) is 0 Å². The van der Waals surface area contributed by atoms with E-state index in [0.29, 0.717) is 18.0 Å². The Labute approximate surface area is 124 Å². The van der Waals surface area contributed by atoms with Crippen molar-refractivity contribution in [2.45, 2.75) is 19.3 Å². The summed E-state index contributed by atoms with van der Waals surface area (Å²) in [6, 6.07) is 13.9. The molecule has 2 aromatic rings.